The summed E-state index contributed by atoms with van der Waals surface area (Å²) in [5.74, 6) is 1.49. The molecule has 0 aliphatic carbocycles. The van der Waals surface area contributed by atoms with Crippen LogP contribution in [0.3, 0.4) is 0 Å². The van der Waals surface area contributed by atoms with E-state index < -0.39 is 0 Å². The van der Waals surface area contributed by atoms with Crippen molar-refractivity contribution in [2.45, 2.75) is 26.4 Å². The zero-order valence-corrected chi connectivity index (χ0v) is 13.3. The summed E-state index contributed by atoms with van der Waals surface area (Å²) in [5, 5.41) is 2.74. The molecule has 0 saturated carbocycles. The fourth-order valence-electron chi connectivity index (χ4n) is 2.37. The third kappa shape index (κ3) is 4.24. The van der Waals surface area contributed by atoms with E-state index >= 15 is 0 Å². The number of benzene rings is 1. The second kappa shape index (κ2) is 7.84. The Balaban J connectivity index is 2.12. The van der Waals surface area contributed by atoms with E-state index in [9.17, 15) is 4.79 Å². The van der Waals surface area contributed by atoms with Crippen LogP contribution >= 0.6 is 0 Å². The van der Waals surface area contributed by atoms with Gasteiger partial charge in [-0.3, -0.25) is 4.79 Å². The first kappa shape index (κ1) is 16.4. The molecule has 1 aromatic carbocycles. The van der Waals surface area contributed by atoms with Crippen LogP contribution < -0.4 is 14.8 Å². The van der Waals surface area contributed by atoms with Crippen molar-refractivity contribution in [1.82, 2.24) is 5.32 Å². The van der Waals surface area contributed by atoms with Crippen LogP contribution in [0.4, 0.5) is 0 Å². The summed E-state index contributed by atoms with van der Waals surface area (Å²) in [4.78, 5) is 11.7. The largest absolute Gasteiger partial charge is 0.493 e. The smallest absolute Gasteiger partial charge is 0.244 e. The van der Waals surface area contributed by atoms with E-state index in [-0.39, 0.29) is 12.0 Å². The Morgan fingerprint density at radius 1 is 1.50 bits per heavy atom. The van der Waals surface area contributed by atoms with Gasteiger partial charge in [0.25, 0.3) is 0 Å². The van der Waals surface area contributed by atoms with Crippen molar-refractivity contribution in [3.05, 3.63) is 29.3 Å². The molecular weight excluding hydrogens is 282 g/mol. The van der Waals surface area contributed by atoms with Gasteiger partial charge in [-0.15, -0.1) is 0 Å². The number of hydrogen-bond donors (Lipinski definition) is 1. The lowest BCUT2D eigenvalue weighted by atomic mass is 10.1. The molecule has 1 unspecified atom stereocenters. The minimum absolute atomic E-state index is 0.158. The lowest BCUT2D eigenvalue weighted by Gasteiger charge is -2.10. The number of carbonyl (C=O) groups excluding carboxylic acids is 1. The number of ether oxygens (including phenoxy) is 3. The van der Waals surface area contributed by atoms with Gasteiger partial charge < -0.3 is 19.5 Å². The van der Waals surface area contributed by atoms with Crippen LogP contribution in [-0.4, -0.2) is 38.9 Å². The third-order valence-corrected chi connectivity index (χ3v) is 3.35. The Morgan fingerprint density at radius 3 is 3.05 bits per heavy atom. The molecule has 1 N–H and O–H groups in total. The van der Waals surface area contributed by atoms with Gasteiger partial charge in [-0.05, 0) is 32.1 Å². The number of rotatable bonds is 7. The van der Waals surface area contributed by atoms with Gasteiger partial charge in [0.2, 0.25) is 5.91 Å². The molecule has 0 bridgehead atoms. The zero-order valence-electron chi connectivity index (χ0n) is 13.3. The highest BCUT2D eigenvalue weighted by Crippen LogP contribution is 2.35. The minimum atomic E-state index is -0.158. The Bertz CT molecular complexity index is 554. The van der Waals surface area contributed by atoms with Gasteiger partial charge >= 0.3 is 0 Å². The zero-order chi connectivity index (χ0) is 15.9. The summed E-state index contributed by atoms with van der Waals surface area (Å²) in [5.41, 5.74) is 1.99. The number of hydrogen-bond acceptors (Lipinski definition) is 4. The standard InChI is InChI=1S/C17H23NO4/c1-4-21-15-11-14-9-12(2)22-16(14)10-13(15)5-6-17(19)18-7-8-20-3/h5-6,10-12H,4,7-9H2,1-3H3,(H,18,19). The van der Waals surface area contributed by atoms with E-state index in [1.807, 2.05) is 26.0 Å². The average molecular weight is 305 g/mol. The van der Waals surface area contributed by atoms with Gasteiger partial charge in [0, 0.05) is 37.3 Å². The molecule has 22 heavy (non-hydrogen) atoms. The highest BCUT2D eigenvalue weighted by atomic mass is 16.5. The average Bonchev–Trinajstić information content (AvgIpc) is 2.84. The Hall–Kier alpha value is -2.01. The molecule has 0 radical (unpaired) electrons. The number of nitrogens with one attached hydrogen (secondary N) is 1. The molecular formula is C17H23NO4. The van der Waals surface area contributed by atoms with Crippen LogP contribution in [0.25, 0.3) is 6.08 Å². The molecule has 1 heterocycles. The van der Waals surface area contributed by atoms with Crippen LogP contribution in [0.1, 0.15) is 25.0 Å². The van der Waals surface area contributed by atoms with Gasteiger partial charge in [0.05, 0.1) is 13.2 Å². The molecule has 0 fully saturated rings. The van der Waals surface area contributed by atoms with Crippen molar-refractivity contribution in [2.24, 2.45) is 0 Å². The van der Waals surface area contributed by atoms with Crippen LogP contribution in [0.5, 0.6) is 11.5 Å². The van der Waals surface area contributed by atoms with Crippen molar-refractivity contribution in [3.63, 3.8) is 0 Å². The molecule has 1 atom stereocenters. The first-order chi connectivity index (χ1) is 10.6. The first-order valence-corrected chi connectivity index (χ1v) is 7.55. The predicted molar refractivity (Wildman–Crippen MR) is 85.3 cm³/mol. The maximum Gasteiger partial charge on any atom is 0.244 e. The SMILES string of the molecule is CCOc1cc2c(cc1C=CC(=O)NCCOC)OC(C)C2. The van der Waals surface area contributed by atoms with Crippen LogP contribution in [0.15, 0.2) is 18.2 Å². The van der Waals surface area contributed by atoms with Gasteiger partial charge in [-0.1, -0.05) is 0 Å². The normalized spacial score (nSPS) is 16.4. The summed E-state index contributed by atoms with van der Waals surface area (Å²) in [6, 6.07) is 3.94. The summed E-state index contributed by atoms with van der Waals surface area (Å²) in [6.45, 7) is 5.55. The van der Waals surface area contributed by atoms with Crippen molar-refractivity contribution in [3.8, 4) is 11.5 Å². The monoisotopic (exact) mass is 305 g/mol. The van der Waals surface area contributed by atoms with E-state index in [2.05, 4.69) is 5.32 Å². The van der Waals surface area contributed by atoms with E-state index in [1.165, 1.54) is 6.08 Å². The summed E-state index contributed by atoms with van der Waals surface area (Å²) in [7, 11) is 1.60. The molecule has 1 aromatic rings. The van der Waals surface area contributed by atoms with Crippen molar-refractivity contribution in [1.29, 1.82) is 0 Å². The van der Waals surface area contributed by atoms with Crippen LogP contribution in [0, 0.1) is 0 Å². The Labute approximate surface area is 131 Å². The third-order valence-electron chi connectivity index (χ3n) is 3.35. The molecule has 1 aliphatic heterocycles. The maximum absolute atomic E-state index is 11.7. The summed E-state index contributed by atoms with van der Waals surface area (Å²) < 4.78 is 16.3. The molecule has 0 saturated heterocycles. The Kier molecular flexibility index (Phi) is 5.83. The van der Waals surface area contributed by atoms with Gasteiger partial charge in [-0.2, -0.15) is 0 Å². The number of fused-ring (bicyclic) bond motifs is 1. The van der Waals surface area contributed by atoms with E-state index in [0.29, 0.717) is 19.8 Å². The lowest BCUT2D eigenvalue weighted by molar-refractivity contribution is -0.116. The summed E-state index contributed by atoms with van der Waals surface area (Å²) in [6.07, 6.45) is 4.32. The van der Waals surface area contributed by atoms with Gasteiger partial charge in [-0.25, -0.2) is 0 Å². The number of amides is 1. The van der Waals surface area contributed by atoms with Crippen molar-refractivity contribution >= 4 is 12.0 Å². The molecule has 5 heteroatoms. The van der Waals surface area contributed by atoms with Crippen LogP contribution in [0.2, 0.25) is 0 Å². The topological polar surface area (TPSA) is 56.8 Å². The van der Waals surface area contributed by atoms with Crippen molar-refractivity contribution in [2.75, 3.05) is 26.9 Å². The molecule has 0 aromatic heterocycles. The maximum atomic E-state index is 11.7. The molecule has 1 aliphatic rings. The fourth-order valence-corrected chi connectivity index (χ4v) is 2.37. The van der Waals surface area contributed by atoms with E-state index in [4.69, 9.17) is 14.2 Å². The fraction of sp³-hybridized carbons (Fsp3) is 0.471. The molecule has 120 valence electrons. The van der Waals surface area contributed by atoms with Gasteiger partial charge in [0.15, 0.2) is 0 Å². The quantitative estimate of drug-likeness (QED) is 0.620. The van der Waals surface area contributed by atoms with Crippen molar-refractivity contribution < 1.29 is 19.0 Å². The molecule has 0 spiro atoms. The molecule has 5 nitrogen and oxygen atoms in total. The van der Waals surface area contributed by atoms with Gasteiger partial charge in [0.1, 0.15) is 17.6 Å². The summed E-state index contributed by atoms with van der Waals surface area (Å²) >= 11 is 0. The predicted octanol–water partition coefficient (Wildman–Crippen LogP) is 2.18. The highest BCUT2D eigenvalue weighted by molar-refractivity contribution is 5.92. The highest BCUT2D eigenvalue weighted by Gasteiger charge is 2.21. The first-order valence-electron chi connectivity index (χ1n) is 7.55. The van der Waals surface area contributed by atoms with E-state index in [0.717, 1.165) is 29.0 Å². The number of methoxy groups -OCH3 is 1. The second-order valence-corrected chi connectivity index (χ2v) is 5.18. The molecule has 1 amide bonds. The molecule has 2 rings (SSSR count). The lowest BCUT2D eigenvalue weighted by Crippen LogP contribution is -2.24. The second-order valence-electron chi connectivity index (χ2n) is 5.18. The Morgan fingerprint density at radius 2 is 2.32 bits per heavy atom. The van der Waals surface area contributed by atoms with E-state index in [1.54, 1.807) is 13.2 Å². The number of carbonyl (C=O) groups is 1. The minimum Gasteiger partial charge on any atom is -0.493 e. The van der Waals surface area contributed by atoms with Crippen LogP contribution in [-0.2, 0) is 16.0 Å².